The van der Waals surface area contributed by atoms with Gasteiger partial charge in [0, 0.05) is 17.8 Å². The highest BCUT2D eigenvalue weighted by Gasteiger charge is 2.21. The number of nitrogens with one attached hydrogen (secondary N) is 1. The second-order valence-electron chi connectivity index (χ2n) is 5.18. The number of hydrogen-bond donors (Lipinski definition) is 1. The molecule has 0 saturated carbocycles. The minimum atomic E-state index is -2.87. The first kappa shape index (κ1) is 15.7. The lowest BCUT2D eigenvalue weighted by Gasteiger charge is -2.30. The molecule has 0 fully saturated rings. The first-order valence-corrected chi connectivity index (χ1v) is 7.79. The van der Waals surface area contributed by atoms with Crippen LogP contribution in [0.1, 0.15) is 40.0 Å². The number of hydrogen-bond acceptors (Lipinski definition) is 3. The third-order valence-corrected chi connectivity index (χ3v) is 3.48. The van der Waals surface area contributed by atoms with Crippen LogP contribution in [0.3, 0.4) is 0 Å². The quantitative estimate of drug-likeness (QED) is 0.668. The van der Waals surface area contributed by atoms with Crippen LogP contribution in [0.4, 0.5) is 0 Å². The SMILES string of the molecule is C=CCCC(C)NC(C)(C)CCS(C)(=O)=O. The van der Waals surface area contributed by atoms with Crippen LogP contribution in [0.5, 0.6) is 0 Å². The molecule has 0 aliphatic heterocycles. The van der Waals surface area contributed by atoms with Crippen LogP contribution in [0.25, 0.3) is 0 Å². The van der Waals surface area contributed by atoms with Gasteiger partial charge < -0.3 is 5.32 Å². The van der Waals surface area contributed by atoms with Crippen LogP contribution in [0.2, 0.25) is 0 Å². The number of rotatable bonds is 8. The Hall–Kier alpha value is -0.350. The van der Waals surface area contributed by atoms with Crippen LogP contribution in [0.15, 0.2) is 12.7 Å². The van der Waals surface area contributed by atoms with Gasteiger partial charge in [-0.25, -0.2) is 8.42 Å². The highest BCUT2D eigenvalue weighted by atomic mass is 32.2. The summed E-state index contributed by atoms with van der Waals surface area (Å²) in [6.45, 7) is 9.90. The van der Waals surface area contributed by atoms with Gasteiger partial charge in [-0.3, -0.25) is 0 Å². The Morgan fingerprint density at radius 3 is 2.44 bits per heavy atom. The Morgan fingerprint density at radius 2 is 2.00 bits per heavy atom. The molecule has 0 bridgehead atoms. The average molecular weight is 247 g/mol. The molecule has 0 aromatic rings. The molecular formula is C12H25NO2S. The van der Waals surface area contributed by atoms with Crippen LogP contribution in [-0.2, 0) is 9.84 Å². The lowest BCUT2D eigenvalue weighted by molar-refractivity contribution is 0.326. The molecule has 0 aromatic heterocycles. The molecule has 4 heteroatoms. The molecule has 0 radical (unpaired) electrons. The van der Waals surface area contributed by atoms with E-state index in [9.17, 15) is 8.42 Å². The van der Waals surface area contributed by atoms with Crippen LogP contribution < -0.4 is 5.32 Å². The van der Waals surface area contributed by atoms with Crippen molar-refractivity contribution in [3.8, 4) is 0 Å². The molecule has 0 aliphatic rings. The molecule has 16 heavy (non-hydrogen) atoms. The zero-order valence-electron chi connectivity index (χ0n) is 10.9. The predicted molar refractivity (Wildman–Crippen MR) is 70.4 cm³/mol. The smallest absolute Gasteiger partial charge is 0.147 e. The normalized spacial score (nSPS) is 14.8. The number of allylic oxidation sites excluding steroid dienone is 1. The third kappa shape index (κ3) is 8.92. The maximum Gasteiger partial charge on any atom is 0.147 e. The summed E-state index contributed by atoms with van der Waals surface area (Å²) >= 11 is 0. The minimum absolute atomic E-state index is 0.135. The van der Waals surface area contributed by atoms with E-state index in [1.807, 2.05) is 19.9 Å². The van der Waals surface area contributed by atoms with Crippen molar-refractivity contribution in [1.29, 1.82) is 0 Å². The van der Waals surface area contributed by atoms with E-state index in [2.05, 4.69) is 18.8 Å². The Labute approximate surface area is 100 Å². The Kier molecular flexibility index (Phi) is 6.26. The van der Waals surface area contributed by atoms with Crippen molar-refractivity contribution in [1.82, 2.24) is 5.32 Å². The van der Waals surface area contributed by atoms with Crippen LogP contribution in [0, 0.1) is 0 Å². The fraction of sp³-hybridized carbons (Fsp3) is 0.833. The lowest BCUT2D eigenvalue weighted by Crippen LogP contribution is -2.45. The molecule has 0 heterocycles. The van der Waals surface area contributed by atoms with Crippen molar-refractivity contribution in [3.63, 3.8) is 0 Å². The Morgan fingerprint density at radius 1 is 1.44 bits per heavy atom. The maximum absolute atomic E-state index is 11.1. The molecular weight excluding hydrogens is 222 g/mol. The standard InChI is InChI=1S/C12H25NO2S/c1-6-7-8-11(2)13-12(3,4)9-10-16(5,14)15/h6,11,13H,1,7-10H2,2-5H3. The van der Waals surface area contributed by atoms with Gasteiger partial charge in [0.25, 0.3) is 0 Å². The summed E-state index contributed by atoms with van der Waals surface area (Å²) in [5.74, 6) is 0.237. The van der Waals surface area contributed by atoms with Crippen molar-refractivity contribution in [3.05, 3.63) is 12.7 Å². The maximum atomic E-state index is 11.1. The minimum Gasteiger partial charge on any atom is -0.309 e. The van der Waals surface area contributed by atoms with Crippen molar-refractivity contribution < 1.29 is 8.42 Å². The van der Waals surface area contributed by atoms with Crippen LogP contribution >= 0.6 is 0 Å². The molecule has 3 nitrogen and oxygen atoms in total. The summed E-state index contributed by atoms with van der Waals surface area (Å²) in [5.41, 5.74) is -0.135. The summed E-state index contributed by atoms with van der Waals surface area (Å²) in [6, 6.07) is 0.382. The zero-order valence-corrected chi connectivity index (χ0v) is 11.7. The molecule has 96 valence electrons. The average Bonchev–Trinajstić information content (AvgIpc) is 2.10. The lowest BCUT2D eigenvalue weighted by atomic mass is 9.99. The van der Waals surface area contributed by atoms with Crippen molar-refractivity contribution >= 4 is 9.84 Å². The molecule has 0 aliphatic carbocycles. The van der Waals surface area contributed by atoms with Gasteiger partial charge in [0.1, 0.15) is 9.84 Å². The van der Waals surface area contributed by atoms with E-state index in [-0.39, 0.29) is 11.3 Å². The van der Waals surface area contributed by atoms with Gasteiger partial charge in [0.2, 0.25) is 0 Å². The Balaban J connectivity index is 4.07. The van der Waals surface area contributed by atoms with Gasteiger partial charge in [-0.05, 0) is 40.0 Å². The molecule has 1 unspecified atom stereocenters. The predicted octanol–water partition coefficient (Wildman–Crippen LogP) is 2.14. The van der Waals surface area contributed by atoms with Gasteiger partial charge in [-0.1, -0.05) is 6.08 Å². The summed E-state index contributed by atoms with van der Waals surface area (Å²) in [7, 11) is -2.87. The van der Waals surface area contributed by atoms with Crippen LogP contribution in [-0.4, -0.2) is 32.0 Å². The fourth-order valence-corrected chi connectivity index (χ4v) is 2.50. The van der Waals surface area contributed by atoms with Gasteiger partial charge in [0.05, 0.1) is 5.75 Å². The van der Waals surface area contributed by atoms with E-state index in [0.717, 1.165) is 12.8 Å². The first-order chi connectivity index (χ1) is 7.16. The first-order valence-electron chi connectivity index (χ1n) is 5.72. The largest absolute Gasteiger partial charge is 0.309 e. The van der Waals surface area contributed by atoms with E-state index in [1.165, 1.54) is 6.26 Å². The van der Waals surface area contributed by atoms with Crippen molar-refractivity contribution in [2.45, 2.75) is 51.6 Å². The number of sulfone groups is 1. The summed E-state index contributed by atoms with van der Waals surface area (Å²) in [6.07, 6.45) is 5.85. The molecule has 0 saturated heterocycles. The fourth-order valence-electron chi connectivity index (χ4n) is 1.62. The monoisotopic (exact) mass is 247 g/mol. The second kappa shape index (κ2) is 6.40. The van der Waals surface area contributed by atoms with E-state index in [0.29, 0.717) is 12.5 Å². The van der Waals surface area contributed by atoms with E-state index >= 15 is 0 Å². The van der Waals surface area contributed by atoms with Crippen molar-refractivity contribution in [2.75, 3.05) is 12.0 Å². The van der Waals surface area contributed by atoms with Gasteiger partial charge in [-0.15, -0.1) is 6.58 Å². The molecule has 0 spiro atoms. The topological polar surface area (TPSA) is 46.2 Å². The Bertz CT molecular complexity index is 307. The van der Waals surface area contributed by atoms with E-state index in [1.54, 1.807) is 0 Å². The van der Waals surface area contributed by atoms with Gasteiger partial charge in [-0.2, -0.15) is 0 Å². The summed E-state index contributed by atoms with van der Waals surface area (Å²) in [4.78, 5) is 0. The van der Waals surface area contributed by atoms with E-state index in [4.69, 9.17) is 0 Å². The zero-order chi connectivity index (χ0) is 12.8. The van der Waals surface area contributed by atoms with E-state index < -0.39 is 9.84 Å². The van der Waals surface area contributed by atoms with Crippen molar-refractivity contribution in [2.24, 2.45) is 0 Å². The molecule has 1 N–H and O–H groups in total. The third-order valence-electron chi connectivity index (χ3n) is 2.54. The summed E-state index contributed by atoms with van der Waals surface area (Å²) < 4.78 is 22.2. The van der Waals surface area contributed by atoms with Gasteiger partial charge >= 0.3 is 0 Å². The van der Waals surface area contributed by atoms with Gasteiger partial charge in [0.15, 0.2) is 0 Å². The molecule has 0 aromatic carbocycles. The molecule has 0 amide bonds. The highest BCUT2D eigenvalue weighted by molar-refractivity contribution is 7.90. The molecule has 1 atom stereocenters. The molecule has 0 rings (SSSR count). The summed E-state index contributed by atoms with van der Waals surface area (Å²) in [5, 5.41) is 3.45. The highest BCUT2D eigenvalue weighted by Crippen LogP contribution is 2.12. The second-order valence-corrected chi connectivity index (χ2v) is 7.43.